The molecule has 1 saturated carbocycles. The molecule has 0 bridgehead atoms. The van der Waals surface area contributed by atoms with Crippen molar-refractivity contribution in [2.75, 3.05) is 6.54 Å². The third-order valence-electron chi connectivity index (χ3n) is 4.67. The SMILES string of the molecule is CCC1(CNC(=O)c2c(C)[nH]c(C(=O)O)c2C)CCC1. The van der Waals surface area contributed by atoms with Crippen molar-refractivity contribution in [3.63, 3.8) is 0 Å². The van der Waals surface area contributed by atoms with Gasteiger partial charge in [0.15, 0.2) is 0 Å². The molecule has 0 spiro atoms. The highest BCUT2D eigenvalue weighted by atomic mass is 16.4. The van der Waals surface area contributed by atoms with E-state index in [1.165, 1.54) is 6.42 Å². The Morgan fingerprint density at radius 1 is 1.35 bits per heavy atom. The van der Waals surface area contributed by atoms with Gasteiger partial charge in [0.2, 0.25) is 0 Å². The molecule has 0 unspecified atom stereocenters. The van der Waals surface area contributed by atoms with E-state index in [1.807, 2.05) is 0 Å². The van der Waals surface area contributed by atoms with E-state index in [4.69, 9.17) is 5.11 Å². The number of carboxylic acid groups (broad SMARTS) is 1. The van der Waals surface area contributed by atoms with Crippen molar-refractivity contribution in [1.29, 1.82) is 0 Å². The smallest absolute Gasteiger partial charge is 0.352 e. The molecule has 2 rings (SSSR count). The van der Waals surface area contributed by atoms with Crippen LogP contribution in [0.1, 0.15) is 64.7 Å². The molecule has 1 aliphatic rings. The summed E-state index contributed by atoms with van der Waals surface area (Å²) in [5.74, 6) is -1.21. The average Bonchev–Trinajstić information content (AvgIpc) is 2.64. The first-order chi connectivity index (χ1) is 9.40. The number of nitrogens with one attached hydrogen (secondary N) is 2. The van der Waals surface area contributed by atoms with Crippen molar-refractivity contribution in [2.45, 2.75) is 46.5 Å². The highest BCUT2D eigenvalue weighted by Crippen LogP contribution is 2.43. The van der Waals surface area contributed by atoms with Gasteiger partial charge in [-0.05, 0) is 44.1 Å². The molecule has 1 fully saturated rings. The molecule has 3 N–H and O–H groups in total. The topological polar surface area (TPSA) is 82.2 Å². The zero-order valence-corrected chi connectivity index (χ0v) is 12.3. The van der Waals surface area contributed by atoms with E-state index < -0.39 is 5.97 Å². The van der Waals surface area contributed by atoms with Crippen LogP contribution in [0.5, 0.6) is 0 Å². The Morgan fingerprint density at radius 3 is 2.40 bits per heavy atom. The molecule has 1 aliphatic carbocycles. The zero-order valence-electron chi connectivity index (χ0n) is 12.3. The van der Waals surface area contributed by atoms with Gasteiger partial charge in [-0.3, -0.25) is 4.79 Å². The number of carboxylic acids is 1. The van der Waals surface area contributed by atoms with Gasteiger partial charge in [0, 0.05) is 12.2 Å². The zero-order chi connectivity index (χ0) is 14.9. The normalized spacial score (nSPS) is 16.6. The van der Waals surface area contributed by atoms with Gasteiger partial charge in [-0.1, -0.05) is 13.3 Å². The Hall–Kier alpha value is -1.78. The van der Waals surface area contributed by atoms with Crippen LogP contribution in [0.15, 0.2) is 0 Å². The number of rotatable bonds is 5. The second kappa shape index (κ2) is 5.31. The monoisotopic (exact) mass is 278 g/mol. The second-order valence-corrected chi connectivity index (χ2v) is 5.82. The lowest BCUT2D eigenvalue weighted by molar-refractivity contribution is 0.0690. The highest BCUT2D eigenvalue weighted by molar-refractivity contribution is 6.00. The molecular formula is C15H22N2O3. The van der Waals surface area contributed by atoms with Gasteiger partial charge >= 0.3 is 5.97 Å². The average molecular weight is 278 g/mol. The second-order valence-electron chi connectivity index (χ2n) is 5.82. The summed E-state index contributed by atoms with van der Waals surface area (Å²) >= 11 is 0. The van der Waals surface area contributed by atoms with Gasteiger partial charge in [-0.15, -0.1) is 0 Å². The molecule has 0 aliphatic heterocycles. The Bertz CT molecular complexity index is 536. The largest absolute Gasteiger partial charge is 0.477 e. The van der Waals surface area contributed by atoms with Crippen molar-refractivity contribution in [3.8, 4) is 0 Å². The maximum absolute atomic E-state index is 12.3. The van der Waals surface area contributed by atoms with Crippen LogP contribution in [0.3, 0.4) is 0 Å². The van der Waals surface area contributed by atoms with Gasteiger partial charge in [-0.2, -0.15) is 0 Å². The van der Waals surface area contributed by atoms with Crippen molar-refractivity contribution >= 4 is 11.9 Å². The van der Waals surface area contributed by atoms with Crippen molar-refractivity contribution in [3.05, 3.63) is 22.5 Å². The van der Waals surface area contributed by atoms with Gasteiger partial charge < -0.3 is 15.4 Å². The molecule has 5 nitrogen and oxygen atoms in total. The lowest BCUT2D eigenvalue weighted by Gasteiger charge is -2.41. The number of amides is 1. The Kier molecular flexibility index (Phi) is 3.88. The Balaban J connectivity index is 2.11. The summed E-state index contributed by atoms with van der Waals surface area (Å²) in [4.78, 5) is 26.1. The summed E-state index contributed by atoms with van der Waals surface area (Å²) < 4.78 is 0. The van der Waals surface area contributed by atoms with Crippen molar-refractivity contribution in [2.24, 2.45) is 5.41 Å². The minimum absolute atomic E-state index is 0.0986. The van der Waals surface area contributed by atoms with Crippen LogP contribution in [-0.2, 0) is 0 Å². The summed E-state index contributed by atoms with van der Waals surface area (Å²) in [6, 6.07) is 0. The minimum atomic E-state index is -1.03. The van der Waals surface area contributed by atoms with E-state index >= 15 is 0 Å². The molecular weight excluding hydrogens is 256 g/mol. The summed E-state index contributed by atoms with van der Waals surface area (Å²) in [7, 11) is 0. The highest BCUT2D eigenvalue weighted by Gasteiger charge is 2.35. The molecule has 110 valence electrons. The molecule has 5 heteroatoms. The summed E-state index contributed by atoms with van der Waals surface area (Å²) in [5, 5.41) is 12.0. The molecule has 1 aromatic heterocycles. The number of aryl methyl sites for hydroxylation is 1. The van der Waals surface area contributed by atoms with Crippen LogP contribution in [0.2, 0.25) is 0 Å². The van der Waals surface area contributed by atoms with Crippen LogP contribution in [0.4, 0.5) is 0 Å². The van der Waals surface area contributed by atoms with Gasteiger partial charge in [0.25, 0.3) is 5.91 Å². The van der Waals surface area contributed by atoms with Gasteiger partial charge in [0.05, 0.1) is 5.56 Å². The maximum Gasteiger partial charge on any atom is 0.352 e. The lowest BCUT2D eigenvalue weighted by atomic mass is 9.67. The predicted molar refractivity (Wildman–Crippen MR) is 76.1 cm³/mol. The molecule has 0 saturated heterocycles. The third-order valence-corrected chi connectivity index (χ3v) is 4.67. The Morgan fingerprint density at radius 2 is 2.00 bits per heavy atom. The van der Waals surface area contributed by atoms with E-state index in [9.17, 15) is 9.59 Å². The number of hydrogen-bond acceptors (Lipinski definition) is 2. The Labute approximate surface area is 118 Å². The van der Waals surface area contributed by atoms with Crippen molar-refractivity contribution in [1.82, 2.24) is 10.3 Å². The van der Waals surface area contributed by atoms with E-state index in [0.29, 0.717) is 23.4 Å². The van der Waals surface area contributed by atoms with Crippen LogP contribution in [-0.4, -0.2) is 28.5 Å². The molecule has 20 heavy (non-hydrogen) atoms. The first-order valence-corrected chi connectivity index (χ1v) is 7.11. The number of aromatic carboxylic acids is 1. The predicted octanol–water partition coefficient (Wildman–Crippen LogP) is 2.64. The number of carbonyl (C=O) groups excluding carboxylic acids is 1. The quantitative estimate of drug-likeness (QED) is 0.774. The number of aromatic nitrogens is 1. The molecule has 1 aromatic rings. The van der Waals surface area contributed by atoms with E-state index in [2.05, 4.69) is 17.2 Å². The fraction of sp³-hybridized carbons (Fsp3) is 0.600. The number of H-pyrrole nitrogens is 1. The number of aromatic amines is 1. The van der Waals surface area contributed by atoms with Crippen LogP contribution < -0.4 is 5.32 Å². The van der Waals surface area contributed by atoms with E-state index in [1.54, 1.807) is 13.8 Å². The first kappa shape index (κ1) is 14.6. The molecule has 0 radical (unpaired) electrons. The van der Waals surface area contributed by atoms with Crippen LogP contribution >= 0.6 is 0 Å². The minimum Gasteiger partial charge on any atom is -0.477 e. The lowest BCUT2D eigenvalue weighted by Crippen LogP contribution is -2.41. The maximum atomic E-state index is 12.3. The molecule has 0 aromatic carbocycles. The van der Waals surface area contributed by atoms with Gasteiger partial charge in [0.1, 0.15) is 5.69 Å². The standard InChI is InChI=1S/C15H22N2O3/c1-4-15(6-5-7-15)8-16-13(18)11-9(2)12(14(19)20)17-10(11)3/h17H,4-8H2,1-3H3,(H,16,18)(H,19,20). The van der Waals surface area contributed by atoms with E-state index in [-0.39, 0.29) is 17.0 Å². The summed E-state index contributed by atoms with van der Waals surface area (Å²) in [5.41, 5.74) is 1.93. The molecule has 1 amide bonds. The van der Waals surface area contributed by atoms with Crippen LogP contribution in [0.25, 0.3) is 0 Å². The van der Waals surface area contributed by atoms with Gasteiger partial charge in [-0.25, -0.2) is 4.79 Å². The summed E-state index contributed by atoms with van der Waals surface area (Å²) in [6.07, 6.45) is 4.62. The van der Waals surface area contributed by atoms with Crippen LogP contribution in [0, 0.1) is 19.3 Å². The first-order valence-electron chi connectivity index (χ1n) is 7.11. The van der Waals surface area contributed by atoms with Crippen molar-refractivity contribution < 1.29 is 14.7 Å². The third kappa shape index (κ3) is 2.44. The van der Waals surface area contributed by atoms with E-state index in [0.717, 1.165) is 19.3 Å². The fourth-order valence-corrected chi connectivity index (χ4v) is 2.99. The number of hydrogen-bond donors (Lipinski definition) is 3. The summed E-state index contributed by atoms with van der Waals surface area (Å²) in [6.45, 7) is 6.23. The fourth-order valence-electron chi connectivity index (χ4n) is 2.99. The number of carbonyl (C=O) groups is 2. The molecule has 0 atom stereocenters. The molecule has 1 heterocycles.